The van der Waals surface area contributed by atoms with E-state index in [9.17, 15) is 9.59 Å². The van der Waals surface area contributed by atoms with Crippen LogP contribution in [0.4, 0.5) is 4.79 Å². The SMILES string of the molecule is CNCCNC(=O)CCCNC(=O)NC1CCCCC1.Cl. The Hall–Kier alpha value is -1.01. The smallest absolute Gasteiger partial charge is 0.315 e. The average Bonchev–Trinajstić information content (AvgIpc) is 2.45. The molecular weight excluding hydrogens is 292 g/mol. The summed E-state index contributed by atoms with van der Waals surface area (Å²) in [5, 5.41) is 11.6. The zero-order valence-electron chi connectivity index (χ0n) is 12.9. The van der Waals surface area contributed by atoms with Crippen molar-refractivity contribution in [1.82, 2.24) is 21.3 Å². The van der Waals surface area contributed by atoms with Gasteiger partial charge < -0.3 is 21.3 Å². The van der Waals surface area contributed by atoms with E-state index in [1.807, 2.05) is 7.05 Å². The Morgan fingerprint density at radius 3 is 2.38 bits per heavy atom. The minimum Gasteiger partial charge on any atom is -0.355 e. The summed E-state index contributed by atoms with van der Waals surface area (Å²) in [5.74, 6) is 0.0368. The Balaban J connectivity index is 0.00000400. The number of rotatable bonds is 8. The fraction of sp³-hybridized carbons (Fsp3) is 0.857. The lowest BCUT2D eigenvalue weighted by molar-refractivity contribution is -0.121. The van der Waals surface area contributed by atoms with Crippen molar-refractivity contribution in [2.75, 3.05) is 26.7 Å². The van der Waals surface area contributed by atoms with Crippen LogP contribution in [0.3, 0.4) is 0 Å². The number of nitrogens with one attached hydrogen (secondary N) is 4. The van der Waals surface area contributed by atoms with Crippen LogP contribution in [0.25, 0.3) is 0 Å². The third-order valence-electron chi connectivity index (χ3n) is 3.50. The van der Waals surface area contributed by atoms with E-state index < -0.39 is 0 Å². The van der Waals surface area contributed by atoms with Crippen molar-refractivity contribution < 1.29 is 9.59 Å². The van der Waals surface area contributed by atoms with Crippen molar-refractivity contribution >= 4 is 24.3 Å². The maximum Gasteiger partial charge on any atom is 0.315 e. The standard InChI is InChI=1S/C14H28N4O2.ClH/c1-15-10-11-16-13(19)8-5-9-17-14(20)18-12-6-3-2-4-7-12;/h12,15H,2-11H2,1H3,(H,16,19)(H2,17,18,20);1H. The van der Waals surface area contributed by atoms with Gasteiger partial charge >= 0.3 is 6.03 Å². The zero-order chi connectivity index (χ0) is 14.6. The first kappa shape index (κ1) is 20.0. The second kappa shape index (κ2) is 12.7. The predicted octanol–water partition coefficient (Wildman–Crippen LogP) is 1.16. The molecule has 0 radical (unpaired) electrons. The van der Waals surface area contributed by atoms with Gasteiger partial charge in [0.05, 0.1) is 0 Å². The molecule has 1 fully saturated rings. The van der Waals surface area contributed by atoms with Crippen LogP contribution in [-0.2, 0) is 4.79 Å². The molecule has 124 valence electrons. The first-order valence-corrected chi connectivity index (χ1v) is 7.68. The highest BCUT2D eigenvalue weighted by Gasteiger charge is 2.15. The maximum absolute atomic E-state index is 11.6. The van der Waals surface area contributed by atoms with Crippen molar-refractivity contribution in [3.05, 3.63) is 0 Å². The Bertz CT molecular complexity index is 297. The number of likely N-dealkylation sites (N-methyl/N-ethyl adjacent to an activating group) is 1. The Morgan fingerprint density at radius 1 is 1.00 bits per heavy atom. The molecule has 1 rings (SSSR count). The zero-order valence-corrected chi connectivity index (χ0v) is 13.7. The summed E-state index contributed by atoms with van der Waals surface area (Å²) in [5.41, 5.74) is 0. The largest absolute Gasteiger partial charge is 0.355 e. The van der Waals surface area contributed by atoms with Crippen molar-refractivity contribution in [2.45, 2.75) is 51.0 Å². The molecular formula is C14H29ClN4O2. The van der Waals surface area contributed by atoms with E-state index in [2.05, 4.69) is 21.3 Å². The van der Waals surface area contributed by atoms with Crippen LogP contribution in [-0.4, -0.2) is 44.7 Å². The summed E-state index contributed by atoms with van der Waals surface area (Å²) in [4.78, 5) is 23.0. The van der Waals surface area contributed by atoms with E-state index in [0.29, 0.717) is 32.0 Å². The lowest BCUT2D eigenvalue weighted by Crippen LogP contribution is -2.43. The predicted molar refractivity (Wildman–Crippen MR) is 86.8 cm³/mol. The minimum atomic E-state index is -0.104. The van der Waals surface area contributed by atoms with Gasteiger partial charge in [0.2, 0.25) is 5.91 Å². The number of urea groups is 1. The van der Waals surface area contributed by atoms with E-state index in [1.54, 1.807) is 0 Å². The quantitative estimate of drug-likeness (QED) is 0.506. The molecule has 0 spiro atoms. The molecule has 0 aromatic rings. The maximum atomic E-state index is 11.6. The van der Waals surface area contributed by atoms with E-state index in [1.165, 1.54) is 19.3 Å². The van der Waals surface area contributed by atoms with Crippen LogP contribution >= 0.6 is 12.4 Å². The summed E-state index contributed by atoms with van der Waals surface area (Å²) in [7, 11) is 1.85. The molecule has 4 N–H and O–H groups in total. The van der Waals surface area contributed by atoms with Gasteiger partial charge in [-0.3, -0.25) is 4.79 Å². The van der Waals surface area contributed by atoms with E-state index in [0.717, 1.165) is 19.4 Å². The molecule has 0 saturated heterocycles. The highest BCUT2D eigenvalue weighted by Crippen LogP contribution is 2.16. The third kappa shape index (κ3) is 10.4. The monoisotopic (exact) mass is 320 g/mol. The van der Waals surface area contributed by atoms with Crippen LogP contribution in [0, 0.1) is 0 Å². The molecule has 0 aliphatic heterocycles. The van der Waals surface area contributed by atoms with Gasteiger partial charge in [-0.1, -0.05) is 19.3 Å². The van der Waals surface area contributed by atoms with Crippen LogP contribution in [0.15, 0.2) is 0 Å². The van der Waals surface area contributed by atoms with Gasteiger partial charge in [-0.05, 0) is 26.3 Å². The molecule has 6 nitrogen and oxygen atoms in total. The normalized spacial score (nSPS) is 14.9. The first-order chi connectivity index (χ1) is 9.72. The molecule has 21 heavy (non-hydrogen) atoms. The highest BCUT2D eigenvalue weighted by molar-refractivity contribution is 5.85. The molecule has 0 atom stereocenters. The second-order valence-corrected chi connectivity index (χ2v) is 5.29. The molecule has 0 unspecified atom stereocenters. The average molecular weight is 321 g/mol. The lowest BCUT2D eigenvalue weighted by atomic mass is 9.96. The van der Waals surface area contributed by atoms with Crippen LogP contribution in [0.5, 0.6) is 0 Å². The molecule has 0 heterocycles. The Labute approximate surface area is 133 Å². The number of hydrogen-bond donors (Lipinski definition) is 4. The number of amides is 3. The van der Waals surface area contributed by atoms with E-state index >= 15 is 0 Å². The van der Waals surface area contributed by atoms with Gasteiger partial charge in [0.1, 0.15) is 0 Å². The third-order valence-corrected chi connectivity index (χ3v) is 3.50. The molecule has 3 amide bonds. The number of halogens is 1. The fourth-order valence-electron chi connectivity index (χ4n) is 2.35. The van der Waals surface area contributed by atoms with Gasteiger partial charge in [0, 0.05) is 32.1 Å². The highest BCUT2D eigenvalue weighted by atomic mass is 35.5. The first-order valence-electron chi connectivity index (χ1n) is 7.68. The van der Waals surface area contributed by atoms with Crippen molar-refractivity contribution in [3.63, 3.8) is 0 Å². The molecule has 0 aromatic heterocycles. The van der Waals surface area contributed by atoms with E-state index in [-0.39, 0.29) is 24.3 Å². The number of hydrogen-bond acceptors (Lipinski definition) is 3. The molecule has 1 aliphatic carbocycles. The van der Waals surface area contributed by atoms with Gasteiger partial charge in [0.25, 0.3) is 0 Å². The molecule has 0 bridgehead atoms. The van der Waals surface area contributed by atoms with Crippen molar-refractivity contribution in [2.24, 2.45) is 0 Å². The molecule has 1 aliphatic rings. The number of carbonyl (C=O) groups is 2. The molecule has 0 aromatic carbocycles. The second-order valence-electron chi connectivity index (χ2n) is 5.29. The molecule has 1 saturated carbocycles. The Morgan fingerprint density at radius 2 is 1.71 bits per heavy atom. The van der Waals surface area contributed by atoms with Crippen LogP contribution in [0.2, 0.25) is 0 Å². The topological polar surface area (TPSA) is 82.3 Å². The van der Waals surface area contributed by atoms with E-state index in [4.69, 9.17) is 0 Å². The minimum absolute atomic E-state index is 0. The van der Waals surface area contributed by atoms with Gasteiger partial charge in [-0.2, -0.15) is 0 Å². The Kier molecular flexibility index (Phi) is 12.1. The van der Waals surface area contributed by atoms with Crippen LogP contribution < -0.4 is 21.3 Å². The van der Waals surface area contributed by atoms with Gasteiger partial charge in [0.15, 0.2) is 0 Å². The number of carbonyl (C=O) groups excluding carboxylic acids is 2. The van der Waals surface area contributed by atoms with Gasteiger partial charge in [-0.25, -0.2) is 4.79 Å². The summed E-state index contributed by atoms with van der Waals surface area (Å²) in [6.45, 7) is 1.96. The van der Waals surface area contributed by atoms with Crippen molar-refractivity contribution in [1.29, 1.82) is 0 Å². The molecule has 7 heteroatoms. The summed E-state index contributed by atoms with van der Waals surface area (Å²) in [6.07, 6.45) is 6.98. The summed E-state index contributed by atoms with van der Waals surface area (Å²) in [6, 6.07) is 0.223. The summed E-state index contributed by atoms with van der Waals surface area (Å²) >= 11 is 0. The van der Waals surface area contributed by atoms with Crippen LogP contribution in [0.1, 0.15) is 44.9 Å². The fourth-order valence-corrected chi connectivity index (χ4v) is 2.35. The van der Waals surface area contributed by atoms with Gasteiger partial charge in [-0.15, -0.1) is 12.4 Å². The summed E-state index contributed by atoms with van der Waals surface area (Å²) < 4.78 is 0. The van der Waals surface area contributed by atoms with Crippen molar-refractivity contribution in [3.8, 4) is 0 Å². The lowest BCUT2D eigenvalue weighted by Gasteiger charge is -2.22.